The Kier molecular flexibility index (Phi) is 5.76. The largest absolute Gasteiger partial charge is 0.457 e. The summed E-state index contributed by atoms with van der Waals surface area (Å²) in [5, 5.41) is 3.39. The minimum atomic E-state index is -0.304. The molecule has 0 saturated carbocycles. The van der Waals surface area contributed by atoms with E-state index in [2.05, 4.69) is 35.1 Å². The Balaban J connectivity index is 2.15. The van der Waals surface area contributed by atoms with Gasteiger partial charge in [-0.1, -0.05) is 41.9 Å². The number of halogens is 2. The van der Waals surface area contributed by atoms with E-state index >= 15 is 0 Å². The molecule has 2 rings (SSSR count). The van der Waals surface area contributed by atoms with Gasteiger partial charge in [0.2, 0.25) is 0 Å². The minimum Gasteiger partial charge on any atom is -0.457 e. The Bertz CT molecular complexity index is 601. The van der Waals surface area contributed by atoms with Crippen LogP contribution in [0.15, 0.2) is 46.9 Å². The number of nitrogens with one attached hydrogen (secondary N) is 1. The van der Waals surface area contributed by atoms with Gasteiger partial charge in [-0.2, -0.15) is 0 Å². The second-order valence-corrected chi connectivity index (χ2v) is 6.25. The van der Waals surface area contributed by atoms with Gasteiger partial charge in [-0.05, 0) is 36.7 Å². The number of rotatable bonds is 6. The van der Waals surface area contributed by atoms with E-state index in [1.165, 1.54) is 12.1 Å². The Hall–Kier alpha value is -1.39. The van der Waals surface area contributed by atoms with Crippen molar-refractivity contribution < 1.29 is 9.13 Å². The third-order valence-corrected chi connectivity index (χ3v) is 3.41. The molecule has 0 bridgehead atoms. The molecule has 2 nitrogen and oxygen atoms in total. The van der Waals surface area contributed by atoms with Gasteiger partial charge in [0.05, 0.1) is 0 Å². The van der Waals surface area contributed by atoms with E-state index in [0.717, 1.165) is 28.9 Å². The molecule has 112 valence electrons. The standard InChI is InChI=1S/C17H19BrFNO/c1-12(2)10-20-11-13-6-7-14(18)8-17(13)21-16-5-3-4-15(19)9-16/h3-9,12,20H,10-11H2,1-2H3. The summed E-state index contributed by atoms with van der Waals surface area (Å²) in [4.78, 5) is 0. The number of benzene rings is 2. The molecule has 0 fully saturated rings. The second-order valence-electron chi connectivity index (χ2n) is 5.34. The predicted octanol–water partition coefficient (Wildman–Crippen LogP) is 5.13. The fourth-order valence-corrected chi connectivity index (χ4v) is 2.26. The predicted molar refractivity (Wildman–Crippen MR) is 87.2 cm³/mol. The van der Waals surface area contributed by atoms with Crippen molar-refractivity contribution in [1.82, 2.24) is 5.32 Å². The lowest BCUT2D eigenvalue weighted by atomic mass is 10.2. The van der Waals surface area contributed by atoms with Gasteiger partial charge in [-0.15, -0.1) is 0 Å². The molecule has 0 aliphatic heterocycles. The summed E-state index contributed by atoms with van der Waals surface area (Å²) in [5.74, 6) is 1.51. The van der Waals surface area contributed by atoms with Gasteiger partial charge < -0.3 is 10.1 Å². The number of ether oxygens (including phenoxy) is 1. The second kappa shape index (κ2) is 7.57. The first-order valence-corrected chi connectivity index (χ1v) is 7.76. The van der Waals surface area contributed by atoms with Gasteiger partial charge in [0.25, 0.3) is 0 Å². The van der Waals surface area contributed by atoms with Crippen LogP contribution >= 0.6 is 15.9 Å². The maximum atomic E-state index is 13.2. The van der Waals surface area contributed by atoms with Crippen LogP contribution in [0.3, 0.4) is 0 Å². The monoisotopic (exact) mass is 351 g/mol. The van der Waals surface area contributed by atoms with E-state index in [1.807, 2.05) is 18.2 Å². The van der Waals surface area contributed by atoms with Crippen LogP contribution in [-0.2, 0) is 6.54 Å². The van der Waals surface area contributed by atoms with Gasteiger partial charge >= 0.3 is 0 Å². The lowest BCUT2D eigenvalue weighted by Gasteiger charge is -2.13. The topological polar surface area (TPSA) is 21.3 Å². The van der Waals surface area contributed by atoms with Crippen molar-refractivity contribution in [3.05, 3.63) is 58.3 Å². The zero-order valence-corrected chi connectivity index (χ0v) is 13.8. The van der Waals surface area contributed by atoms with E-state index in [9.17, 15) is 4.39 Å². The zero-order chi connectivity index (χ0) is 15.2. The van der Waals surface area contributed by atoms with Crippen LogP contribution in [-0.4, -0.2) is 6.54 Å². The normalized spacial score (nSPS) is 10.9. The van der Waals surface area contributed by atoms with Crippen molar-refractivity contribution in [2.24, 2.45) is 5.92 Å². The van der Waals surface area contributed by atoms with Crippen LogP contribution in [0.25, 0.3) is 0 Å². The van der Waals surface area contributed by atoms with Crippen LogP contribution < -0.4 is 10.1 Å². The molecule has 0 heterocycles. The first-order valence-electron chi connectivity index (χ1n) is 6.97. The lowest BCUT2D eigenvalue weighted by molar-refractivity contribution is 0.464. The van der Waals surface area contributed by atoms with Gasteiger partial charge in [-0.3, -0.25) is 0 Å². The van der Waals surface area contributed by atoms with Crippen LogP contribution in [0.1, 0.15) is 19.4 Å². The van der Waals surface area contributed by atoms with E-state index in [-0.39, 0.29) is 5.82 Å². The molecule has 0 atom stereocenters. The third kappa shape index (κ3) is 5.14. The highest BCUT2D eigenvalue weighted by Gasteiger charge is 2.07. The summed E-state index contributed by atoms with van der Waals surface area (Å²) in [6.45, 7) is 5.99. The first-order chi connectivity index (χ1) is 10.0. The maximum absolute atomic E-state index is 13.2. The SMILES string of the molecule is CC(C)CNCc1ccc(Br)cc1Oc1cccc(F)c1. The van der Waals surface area contributed by atoms with Crippen molar-refractivity contribution in [1.29, 1.82) is 0 Å². The van der Waals surface area contributed by atoms with Gasteiger partial charge in [0.1, 0.15) is 17.3 Å². The highest BCUT2D eigenvalue weighted by Crippen LogP contribution is 2.29. The summed E-state index contributed by atoms with van der Waals surface area (Å²) in [6, 6.07) is 12.0. The molecule has 0 aromatic heterocycles. The Morgan fingerprint density at radius 1 is 1.19 bits per heavy atom. The fraction of sp³-hybridized carbons (Fsp3) is 0.294. The van der Waals surface area contributed by atoms with Crippen molar-refractivity contribution in [3.8, 4) is 11.5 Å². The van der Waals surface area contributed by atoms with Crippen LogP contribution in [0.2, 0.25) is 0 Å². The zero-order valence-electron chi connectivity index (χ0n) is 12.2. The summed E-state index contributed by atoms with van der Waals surface area (Å²) in [6.07, 6.45) is 0. The van der Waals surface area contributed by atoms with Crippen molar-refractivity contribution in [3.63, 3.8) is 0 Å². The van der Waals surface area contributed by atoms with Crippen molar-refractivity contribution in [2.75, 3.05) is 6.54 Å². The molecular formula is C17H19BrFNO. The molecule has 0 amide bonds. The average Bonchev–Trinajstić information content (AvgIpc) is 2.41. The summed E-state index contributed by atoms with van der Waals surface area (Å²) in [5.41, 5.74) is 1.04. The molecule has 21 heavy (non-hydrogen) atoms. The number of hydrogen-bond acceptors (Lipinski definition) is 2. The lowest BCUT2D eigenvalue weighted by Crippen LogP contribution is -2.19. The number of hydrogen-bond donors (Lipinski definition) is 1. The smallest absolute Gasteiger partial charge is 0.133 e. The molecule has 0 aliphatic rings. The summed E-state index contributed by atoms with van der Waals surface area (Å²) in [7, 11) is 0. The maximum Gasteiger partial charge on any atom is 0.133 e. The van der Waals surface area contributed by atoms with Gasteiger partial charge in [0, 0.05) is 22.6 Å². The summed E-state index contributed by atoms with van der Waals surface area (Å²) >= 11 is 3.44. The Labute approximate surface area is 133 Å². The van der Waals surface area contributed by atoms with Crippen LogP contribution in [0, 0.1) is 11.7 Å². The van der Waals surface area contributed by atoms with Crippen LogP contribution in [0.5, 0.6) is 11.5 Å². The highest BCUT2D eigenvalue weighted by atomic mass is 79.9. The molecule has 2 aromatic rings. The van der Waals surface area contributed by atoms with Crippen molar-refractivity contribution in [2.45, 2.75) is 20.4 Å². The molecule has 0 unspecified atom stereocenters. The molecule has 0 spiro atoms. The molecule has 0 aliphatic carbocycles. The molecule has 2 aromatic carbocycles. The average molecular weight is 352 g/mol. The van der Waals surface area contributed by atoms with E-state index < -0.39 is 0 Å². The highest BCUT2D eigenvalue weighted by molar-refractivity contribution is 9.10. The quantitative estimate of drug-likeness (QED) is 0.779. The molecular weight excluding hydrogens is 333 g/mol. The van der Waals surface area contributed by atoms with E-state index in [0.29, 0.717) is 11.7 Å². The van der Waals surface area contributed by atoms with Crippen LogP contribution in [0.4, 0.5) is 4.39 Å². The Morgan fingerprint density at radius 2 is 2.00 bits per heavy atom. The Morgan fingerprint density at radius 3 is 2.71 bits per heavy atom. The van der Waals surface area contributed by atoms with E-state index in [1.54, 1.807) is 12.1 Å². The fourth-order valence-electron chi connectivity index (χ4n) is 1.92. The molecule has 1 N–H and O–H groups in total. The van der Waals surface area contributed by atoms with Gasteiger partial charge in [0.15, 0.2) is 0 Å². The molecule has 4 heteroatoms. The summed E-state index contributed by atoms with van der Waals surface area (Å²) < 4.78 is 20.0. The molecule has 0 radical (unpaired) electrons. The third-order valence-electron chi connectivity index (χ3n) is 2.92. The van der Waals surface area contributed by atoms with Gasteiger partial charge in [-0.25, -0.2) is 4.39 Å². The molecule has 0 saturated heterocycles. The first kappa shape index (κ1) is 16.0. The van der Waals surface area contributed by atoms with E-state index in [4.69, 9.17) is 4.74 Å². The minimum absolute atomic E-state index is 0.304. The van der Waals surface area contributed by atoms with Crippen molar-refractivity contribution >= 4 is 15.9 Å².